The maximum absolute atomic E-state index is 13.0. The minimum Gasteiger partial charge on any atom is -0.317 e. The third-order valence-electron chi connectivity index (χ3n) is 4.59. The average molecular weight is 319 g/mol. The Morgan fingerprint density at radius 3 is 2.70 bits per heavy atom. The first kappa shape index (κ1) is 16.0. The Morgan fingerprint density at radius 1 is 1.25 bits per heavy atom. The Morgan fingerprint density at radius 2 is 2.00 bits per heavy atom. The van der Waals surface area contributed by atoms with Gasteiger partial charge in [-0.1, -0.05) is 17.7 Å². The van der Waals surface area contributed by atoms with Gasteiger partial charge in [-0.3, -0.25) is 4.90 Å². The Labute approximate surface area is 131 Å². The van der Waals surface area contributed by atoms with Crippen LogP contribution in [-0.2, 0) is 6.54 Å². The van der Waals surface area contributed by atoms with Gasteiger partial charge in [0.2, 0.25) is 0 Å². The van der Waals surface area contributed by atoms with E-state index in [4.69, 9.17) is 11.6 Å². The van der Waals surface area contributed by atoms with Crippen LogP contribution in [0, 0.1) is 11.2 Å². The van der Waals surface area contributed by atoms with Crippen LogP contribution in [0.4, 0.5) is 4.39 Å². The molecule has 2 aliphatic rings. The normalized spacial score (nSPS) is 21.9. The Balaban J connectivity index is 0.00000147. The maximum Gasteiger partial charge on any atom is 0.124 e. The molecule has 3 rings (SSSR count). The van der Waals surface area contributed by atoms with Gasteiger partial charge in [0.25, 0.3) is 0 Å². The van der Waals surface area contributed by atoms with Crippen LogP contribution in [0.25, 0.3) is 0 Å². The van der Waals surface area contributed by atoms with Crippen molar-refractivity contribution < 1.29 is 4.39 Å². The summed E-state index contributed by atoms with van der Waals surface area (Å²) in [4.78, 5) is 2.46. The van der Waals surface area contributed by atoms with E-state index < -0.39 is 0 Å². The van der Waals surface area contributed by atoms with Crippen LogP contribution in [0.3, 0.4) is 0 Å². The van der Waals surface area contributed by atoms with Crippen molar-refractivity contribution in [1.82, 2.24) is 10.2 Å². The van der Waals surface area contributed by atoms with Crippen molar-refractivity contribution in [1.29, 1.82) is 0 Å². The standard InChI is InChI=1S/C15H20ClFN2.ClH/c16-14-9-13(17)2-1-12(14)10-19-8-5-15(11-19)3-6-18-7-4-15;/h1-2,9,18H,3-8,10-11H2;1H. The zero-order chi connectivity index (χ0) is 13.3. The molecular formula is C15H21Cl2FN2. The number of benzene rings is 1. The van der Waals surface area contributed by atoms with Gasteiger partial charge in [0.15, 0.2) is 0 Å². The van der Waals surface area contributed by atoms with Crippen LogP contribution in [0.5, 0.6) is 0 Å². The summed E-state index contributed by atoms with van der Waals surface area (Å²) in [6.07, 6.45) is 3.84. The molecule has 2 nitrogen and oxygen atoms in total. The predicted octanol–water partition coefficient (Wildman–Crippen LogP) is 3.48. The highest BCUT2D eigenvalue weighted by atomic mass is 35.5. The first-order valence-electron chi connectivity index (χ1n) is 7.04. The molecule has 0 aromatic heterocycles. The molecule has 0 radical (unpaired) electrons. The largest absolute Gasteiger partial charge is 0.317 e. The molecule has 0 unspecified atom stereocenters. The molecule has 1 aromatic carbocycles. The van der Waals surface area contributed by atoms with Gasteiger partial charge < -0.3 is 5.32 Å². The molecule has 2 fully saturated rings. The number of likely N-dealkylation sites (tertiary alicyclic amines) is 1. The van der Waals surface area contributed by atoms with E-state index in [-0.39, 0.29) is 18.2 Å². The topological polar surface area (TPSA) is 15.3 Å². The van der Waals surface area contributed by atoms with Crippen LogP contribution < -0.4 is 5.32 Å². The summed E-state index contributed by atoms with van der Waals surface area (Å²) in [5, 5.41) is 3.98. The molecule has 0 atom stereocenters. The van der Waals surface area contributed by atoms with Gasteiger partial charge in [-0.15, -0.1) is 12.4 Å². The molecule has 0 bridgehead atoms. The van der Waals surface area contributed by atoms with Crippen molar-refractivity contribution in [3.63, 3.8) is 0 Å². The van der Waals surface area contributed by atoms with Crippen molar-refractivity contribution in [2.24, 2.45) is 5.41 Å². The Hall–Kier alpha value is -0.350. The fourth-order valence-corrected chi connectivity index (χ4v) is 3.65. The van der Waals surface area contributed by atoms with Crippen molar-refractivity contribution in [2.45, 2.75) is 25.8 Å². The number of nitrogens with zero attached hydrogens (tertiary/aromatic N) is 1. The molecule has 0 saturated carbocycles. The number of rotatable bonds is 2. The van der Waals surface area contributed by atoms with Gasteiger partial charge >= 0.3 is 0 Å². The number of piperidine rings is 1. The minimum atomic E-state index is -0.259. The second kappa shape index (κ2) is 6.61. The van der Waals surface area contributed by atoms with Gasteiger partial charge in [-0.25, -0.2) is 4.39 Å². The summed E-state index contributed by atoms with van der Waals surface area (Å²) in [6, 6.07) is 4.72. The lowest BCUT2D eigenvalue weighted by Gasteiger charge is -2.34. The summed E-state index contributed by atoms with van der Waals surface area (Å²) in [6.45, 7) is 5.42. The van der Waals surface area contributed by atoms with Gasteiger partial charge in [-0.2, -0.15) is 0 Å². The molecule has 1 spiro atoms. The average Bonchev–Trinajstić information content (AvgIpc) is 2.77. The van der Waals surface area contributed by atoms with Crippen molar-refractivity contribution in [3.05, 3.63) is 34.6 Å². The molecule has 20 heavy (non-hydrogen) atoms. The van der Waals surface area contributed by atoms with Crippen LogP contribution in [0.2, 0.25) is 5.02 Å². The molecule has 2 heterocycles. The van der Waals surface area contributed by atoms with Crippen LogP contribution in [0.1, 0.15) is 24.8 Å². The highest BCUT2D eigenvalue weighted by molar-refractivity contribution is 6.31. The van der Waals surface area contributed by atoms with E-state index in [1.54, 1.807) is 0 Å². The summed E-state index contributed by atoms with van der Waals surface area (Å²) >= 11 is 6.11. The third-order valence-corrected chi connectivity index (χ3v) is 4.94. The molecular weight excluding hydrogens is 298 g/mol. The number of hydrogen-bond donors (Lipinski definition) is 1. The van der Waals surface area contributed by atoms with Crippen molar-refractivity contribution in [2.75, 3.05) is 26.2 Å². The van der Waals surface area contributed by atoms with E-state index in [0.717, 1.165) is 38.3 Å². The van der Waals surface area contributed by atoms with Crippen molar-refractivity contribution >= 4 is 24.0 Å². The zero-order valence-electron chi connectivity index (χ0n) is 11.5. The summed E-state index contributed by atoms with van der Waals surface area (Å²) < 4.78 is 13.0. The predicted molar refractivity (Wildman–Crippen MR) is 83.1 cm³/mol. The smallest absolute Gasteiger partial charge is 0.124 e. The molecule has 2 saturated heterocycles. The molecule has 0 aliphatic carbocycles. The van der Waals surface area contributed by atoms with E-state index in [9.17, 15) is 4.39 Å². The highest BCUT2D eigenvalue weighted by Crippen LogP contribution is 2.39. The first-order chi connectivity index (χ1) is 9.17. The van der Waals surface area contributed by atoms with Crippen LogP contribution >= 0.6 is 24.0 Å². The Kier molecular flexibility index (Phi) is 5.30. The van der Waals surface area contributed by atoms with Crippen LogP contribution in [-0.4, -0.2) is 31.1 Å². The first-order valence-corrected chi connectivity index (χ1v) is 7.42. The minimum absolute atomic E-state index is 0. The summed E-state index contributed by atoms with van der Waals surface area (Å²) in [7, 11) is 0. The van der Waals surface area contributed by atoms with Crippen molar-refractivity contribution in [3.8, 4) is 0 Å². The second-order valence-electron chi connectivity index (χ2n) is 5.95. The fourth-order valence-electron chi connectivity index (χ4n) is 3.42. The van der Waals surface area contributed by atoms with E-state index in [2.05, 4.69) is 10.2 Å². The quantitative estimate of drug-likeness (QED) is 0.898. The molecule has 1 aromatic rings. The maximum atomic E-state index is 13.0. The molecule has 112 valence electrons. The number of halogens is 3. The van der Waals surface area contributed by atoms with E-state index >= 15 is 0 Å². The lowest BCUT2D eigenvalue weighted by Crippen LogP contribution is -2.38. The van der Waals surface area contributed by atoms with Gasteiger partial charge in [-0.05, 0) is 62.0 Å². The molecule has 5 heteroatoms. The van der Waals surface area contributed by atoms with Gasteiger partial charge in [0, 0.05) is 18.1 Å². The highest BCUT2D eigenvalue weighted by Gasteiger charge is 2.38. The monoisotopic (exact) mass is 318 g/mol. The van der Waals surface area contributed by atoms with E-state index in [1.807, 2.05) is 6.07 Å². The SMILES string of the molecule is Cl.Fc1ccc(CN2CCC3(CCNCC3)C2)c(Cl)c1. The van der Waals surface area contributed by atoms with Gasteiger partial charge in [0.1, 0.15) is 5.82 Å². The van der Waals surface area contributed by atoms with E-state index in [0.29, 0.717) is 10.4 Å². The number of nitrogens with one attached hydrogen (secondary N) is 1. The zero-order valence-corrected chi connectivity index (χ0v) is 13.1. The summed E-state index contributed by atoms with van der Waals surface area (Å²) in [5.41, 5.74) is 1.55. The summed E-state index contributed by atoms with van der Waals surface area (Å²) in [5.74, 6) is -0.259. The van der Waals surface area contributed by atoms with Crippen LogP contribution in [0.15, 0.2) is 18.2 Å². The lowest BCUT2D eigenvalue weighted by molar-refractivity contribution is 0.194. The lowest BCUT2D eigenvalue weighted by atomic mass is 9.78. The molecule has 2 aliphatic heterocycles. The number of hydrogen-bond acceptors (Lipinski definition) is 2. The Bertz CT molecular complexity index is 461. The third kappa shape index (κ3) is 3.45. The van der Waals surface area contributed by atoms with E-state index in [1.165, 1.54) is 31.4 Å². The fraction of sp³-hybridized carbons (Fsp3) is 0.600. The van der Waals surface area contributed by atoms with Gasteiger partial charge in [0.05, 0.1) is 0 Å². The molecule has 1 N–H and O–H groups in total. The molecule has 0 amide bonds. The second-order valence-corrected chi connectivity index (χ2v) is 6.35.